The number of nitrogens with two attached hydrogens (primary N) is 1. The number of nitrogens with one attached hydrogen (secondary N) is 1. The van der Waals surface area contributed by atoms with Gasteiger partial charge in [0.05, 0.1) is 5.54 Å². The molecule has 0 heterocycles. The number of amides is 1. The lowest BCUT2D eigenvalue weighted by molar-refractivity contribution is -0.159. The van der Waals surface area contributed by atoms with Gasteiger partial charge in [0.2, 0.25) is 0 Å². The van der Waals surface area contributed by atoms with E-state index in [1.54, 1.807) is 0 Å². The third kappa shape index (κ3) is 10.9. The predicted octanol–water partition coefficient (Wildman–Crippen LogP) is 3.24. The van der Waals surface area contributed by atoms with Crippen LogP contribution in [0.4, 0.5) is 4.79 Å². The van der Waals surface area contributed by atoms with Crippen molar-refractivity contribution < 1.29 is 38.1 Å². The first-order valence-electron chi connectivity index (χ1n) is 11.7. The molecule has 0 aromatic heterocycles. The van der Waals surface area contributed by atoms with Crippen molar-refractivity contribution in [2.24, 2.45) is 11.7 Å². The smallest absolute Gasteiger partial charge is 0.407 e. The fourth-order valence-electron chi connectivity index (χ4n) is 2.85. The molecule has 0 fully saturated rings. The summed E-state index contributed by atoms with van der Waals surface area (Å²) in [5, 5.41) is 2.77. The third-order valence-electron chi connectivity index (χ3n) is 5.17. The van der Waals surface area contributed by atoms with E-state index < -0.39 is 41.0 Å². The van der Waals surface area contributed by atoms with Gasteiger partial charge in [0.15, 0.2) is 0 Å². The number of hydrogen-bond donors (Lipinski definition) is 2. The van der Waals surface area contributed by atoms with Gasteiger partial charge in [-0.25, -0.2) is 14.4 Å². The van der Waals surface area contributed by atoms with Crippen LogP contribution in [0, 0.1) is 5.92 Å². The molecule has 0 unspecified atom stereocenters. The van der Waals surface area contributed by atoms with Crippen LogP contribution in [0.3, 0.4) is 0 Å². The van der Waals surface area contributed by atoms with Gasteiger partial charge in [0.1, 0.15) is 32.3 Å². The van der Waals surface area contributed by atoms with Crippen molar-refractivity contribution >= 4 is 24.0 Å². The zero-order valence-electron chi connectivity index (χ0n) is 22.5. The lowest BCUT2D eigenvalue weighted by Crippen LogP contribution is -2.42. The van der Waals surface area contributed by atoms with Crippen LogP contribution >= 0.6 is 0 Å². The first-order valence-corrected chi connectivity index (χ1v) is 11.7. The van der Waals surface area contributed by atoms with Crippen LogP contribution < -0.4 is 11.1 Å². The molecular formula is C27H38N2O8. The highest BCUT2D eigenvalue weighted by molar-refractivity contribution is 5.88. The molecule has 0 aliphatic carbocycles. The van der Waals surface area contributed by atoms with Crippen molar-refractivity contribution in [3.8, 4) is 0 Å². The van der Waals surface area contributed by atoms with Crippen molar-refractivity contribution in [3.05, 3.63) is 59.7 Å². The summed E-state index contributed by atoms with van der Waals surface area (Å²) in [6, 6.07) is 7.58. The van der Waals surface area contributed by atoms with Gasteiger partial charge in [-0.2, -0.15) is 0 Å². The number of esters is 3. The van der Waals surface area contributed by atoms with Gasteiger partial charge in [0, 0.05) is 16.7 Å². The van der Waals surface area contributed by atoms with E-state index in [0.29, 0.717) is 0 Å². The Morgan fingerprint density at radius 1 is 0.865 bits per heavy atom. The fourth-order valence-corrected chi connectivity index (χ4v) is 2.85. The van der Waals surface area contributed by atoms with E-state index in [1.807, 2.05) is 52.0 Å². The Labute approximate surface area is 218 Å². The van der Waals surface area contributed by atoms with Crippen molar-refractivity contribution in [1.29, 1.82) is 0 Å². The summed E-state index contributed by atoms with van der Waals surface area (Å²) < 4.78 is 20.3. The van der Waals surface area contributed by atoms with Gasteiger partial charge in [-0.1, -0.05) is 37.4 Å². The minimum atomic E-state index is -1.08. The Kier molecular flexibility index (Phi) is 11.5. The number of alkyl carbamates (subject to hydrolysis) is 1. The normalized spacial score (nSPS) is 11.4. The first-order chi connectivity index (χ1) is 17.0. The van der Waals surface area contributed by atoms with Crippen molar-refractivity contribution in [2.45, 2.75) is 52.6 Å². The zero-order valence-corrected chi connectivity index (χ0v) is 22.5. The molecule has 0 saturated heterocycles. The van der Waals surface area contributed by atoms with E-state index in [4.69, 9.17) is 24.7 Å². The van der Waals surface area contributed by atoms with Gasteiger partial charge in [-0.15, -0.1) is 0 Å². The fraction of sp³-hybridized carbons (Fsp3) is 0.481. The largest absolute Gasteiger partial charge is 0.462 e. The highest BCUT2D eigenvalue weighted by Crippen LogP contribution is 2.25. The number of carbonyl (C=O) groups excluding carboxylic acids is 4. The number of ether oxygens (including phenoxy) is 4. The minimum Gasteiger partial charge on any atom is -0.462 e. The van der Waals surface area contributed by atoms with Crippen LogP contribution in [-0.4, -0.2) is 50.4 Å². The molecule has 10 nitrogen and oxygen atoms in total. The highest BCUT2D eigenvalue weighted by atomic mass is 16.6. The van der Waals surface area contributed by atoms with E-state index in [1.165, 1.54) is 13.8 Å². The summed E-state index contributed by atoms with van der Waals surface area (Å²) >= 11 is 0. The Morgan fingerprint density at radius 2 is 1.35 bits per heavy atom. The topological polar surface area (TPSA) is 143 Å². The first kappa shape index (κ1) is 31.4. The summed E-state index contributed by atoms with van der Waals surface area (Å²) in [5.41, 5.74) is 6.92. The molecule has 0 aliphatic heterocycles. The van der Waals surface area contributed by atoms with Crippen molar-refractivity contribution in [2.75, 3.05) is 26.4 Å². The molecule has 1 rings (SSSR count). The summed E-state index contributed by atoms with van der Waals surface area (Å²) in [5.74, 6) is -3.28. The Balaban J connectivity index is 2.63. The zero-order chi connectivity index (χ0) is 28.4. The maximum absolute atomic E-state index is 12.5. The molecule has 0 atom stereocenters. The molecule has 37 heavy (non-hydrogen) atoms. The molecule has 1 aromatic carbocycles. The average Bonchev–Trinajstić information content (AvgIpc) is 2.80. The van der Waals surface area contributed by atoms with Gasteiger partial charge < -0.3 is 30.0 Å². The minimum absolute atomic E-state index is 0.145. The van der Waals surface area contributed by atoms with Gasteiger partial charge in [-0.3, -0.25) is 4.79 Å². The van der Waals surface area contributed by atoms with Crippen LogP contribution in [0.2, 0.25) is 0 Å². The summed E-state index contributed by atoms with van der Waals surface area (Å²) in [7, 11) is 0. The van der Waals surface area contributed by atoms with E-state index in [-0.39, 0.29) is 37.6 Å². The highest BCUT2D eigenvalue weighted by Gasteiger charge is 2.27. The molecule has 0 spiro atoms. The van der Waals surface area contributed by atoms with Gasteiger partial charge in [-0.05, 0) is 52.7 Å². The molecule has 0 bridgehead atoms. The maximum atomic E-state index is 12.5. The second-order valence-corrected chi connectivity index (χ2v) is 9.81. The van der Waals surface area contributed by atoms with Gasteiger partial charge >= 0.3 is 24.0 Å². The van der Waals surface area contributed by atoms with Crippen LogP contribution in [0.25, 0.3) is 0 Å². The molecular weight excluding hydrogens is 480 g/mol. The average molecular weight is 519 g/mol. The molecule has 1 aromatic rings. The SMILES string of the molecule is C=C(C)C(=O)OCC(COC(=O)C(=C)C)C(=O)OCCOC(=O)NC(C)(C)c1cccc(C(C)(C)N)c1. The second kappa shape index (κ2) is 13.6. The molecule has 204 valence electrons. The van der Waals surface area contributed by atoms with E-state index >= 15 is 0 Å². The molecule has 10 heteroatoms. The quantitative estimate of drug-likeness (QED) is 0.174. The van der Waals surface area contributed by atoms with Crippen LogP contribution in [0.15, 0.2) is 48.6 Å². The summed E-state index contributed by atoms with van der Waals surface area (Å²) in [4.78, 5) is 48.1. The second-order valence-electron chi connectivity index (χ2n) is 9.81. The molecule has 1 amide bonds. The monoisotopic (exact) mass is 518 g/mol. The number of benzene rings is 1. The third-order valence-corrected chi connectivity index (χ3v) is 5.17. The molecule has 0 aliphatic rings. The number of rotatable bonds is 13. The van der Waals surface area contributed by atoms with Crippen molar-refractivity contribution in [3.63, 3.8) is 0 Å². The van der Waals surface area contributed by atoms with Crippen molar-refractivity contribution in [1.82, 2.24) is 5.32 Å². The lowest BCUT2D eigenvalue weighted by atomic mass is 9.88. The van der Waals surface area contributed by atoms with Crippen LogP contribution in [-0.2, 0) is 44.4 Å². The lowest BCUT2D eigenvalue weighted by Gasteiger charge is -2.28. The standard InChI is InChI=1S/C27H38N2O8/c1-17(2)22(30)36-15-19(16-37-23(31)18(3)4)24(32)34-12-13-35-25(33)29-27(7,8)21-11-9-10-20(14-21)26(5,6)28/h9-11,14,19H,1,3,12-13,15-16,28H2,2,4-8H3,(H,29,33). The summed E-state index contributed by atoms with van der Waals surface area (Å²) in [6.45, 7) is 16.0. The number of carbonyl (C=O) groups is 4. The Bertz CT molecular complexity index is 993. The maximum Gasteiger partial charge on any atom is 0.407 e. The summed E-state index contributed by atoms with van der Waals surface area (Å²) in [6.07, 6.45) is -0.708. The Morgan fingerprint density at radius 3 is 1.84 bits per heavy atom. The molecule has 0 radical (unpaired) electrons. The van der Waals surface area contributed by atoms with E-state index in [0.717, 1.165) is 11.1 Å². The Hall–Kier alpha value is -3.66. The predicted molar refractivity (Wildman–Crippen MR) is 137 cm³/mol. The molecule has 3 N–H and O–H groups in total. The van der Waals surface area contributed by atoms with Crippen LogP contribution in [0.1, 0.15) is 52.7 Å². The number of hydrogen-bond acceptors (Lipinski definition) is 9. The van der Waals surface area contributed by atoms with Gasteiger partial charge in [0.25, 0.3) is 0 Å². The van der Waals surface area contributed by atoms with E-state index in [9.17, 15) is 19.2 Å². The van der Waals surface area contributed by atoms with Crippen LogP contribution in [0.5, 0.6) is 0 Å². The molecule has 0 saturated carbocycles. The van der Waals surface area contributed by atoms with E-state index in [2.05, 4.69) is 18.5 Å².